The Kier molecular flexibility index (Phi) is 19.6. The number of aromatic nitrogens is 3. The number of hydrogen-bond donors (Lipinski definition) is 1. The van der Waals surface area contributed by atoms with E-state index < -0.39 is 108 Å². The lowest BCUT2D eigenvalue weighted by Crippen LogP contribution is -2.61. The van der Waals surface area contributed by atoms with Gasteiger partial charge in [0, 0.05) is 74.7 Å². The normalized spacial score (nSPS) is 37.1. The van der Waals surface area contributed by atoms with Crippen LogP contribution in [0.25, 0.3) is 11.3 Å². The van der Waals surface area contributed by atoms with Gasteiger partial charge in [-0.15, -0.1) is 5.10 Å². The second-order valence-corrected chi connectivity index (χ2v) is 23.5. The number of ether oxygens (including phenoxy) is 9. The van der Waals surface area contributed by atoms with E-state index in [0.29, 0.717) is 36.3 Å². The van der Waals surface area contributed by atoms with Crippen molar-refractivity contribution in [1.29, 1.82) is 0 Å². The van der Waals surface area contributed by atoms with Crippen LogP contribution in [0.5, 0.6) is 0 Å². The van der Waals surface area contributed by atoms with Crippen LogP contribution in [0.1, 0.15) is 125 Å². The van der Waals surface area contributed by atoms with E-state index in [9.17, 15) is 9.59 Å². The van der Waals surface area contributed by atoms with E-state index in [0.717, 1.165) is 12.0 Å². The fourth-order valence-electron chi connectivity index (χ4n) is 12.9. The van der Waals surface area contributed by atoms with E-state index in [1.165, 1.54) is 0 Å². The third-order valence-electron chi connectivity index (χ3n) is 17.4. The molecule has 4 aliphatic rings. The first-order chi connectivity index (χ1) is 36.9. The van der Waals surface area contributed by atoms with Crippen LogP contribution >= 0.6 is 0 Å². The van der Waals surface area contributed by atoms with Gasteiger partial charge < -0.3 is 58.2 Å². The molecule has 2 N–H and O–H groups in total. The average Bonchev–Trinajstić information content (AvgIpc) is 4.10. The molecule has 78 heavy (non-hydrogen) atoms. The molecule has 4 aliphatic heterocycles. The molecule has 0 aliphatic carbocycles. The highest BCUT2D eigenvalue weighted by molar-refractivity contribution is 5.89. The van der Waals surface area contributed by atoms with Crippen LogP contribution in [0.3, 0.4) is 0 Å². The molecule has 3 aromatic rings. The van der Waals surface area contributed by atoms with Crippen LogP contribution in [0.15, 0.2) is 60.8 Å². The van der Waals surface area contributed by atoms with Crippen LogP contribution < -0.4 is 5.73 Å². The van der Waals surface area contributed by atoms with Crippen molar-refractivity contribution in [1.82, 2.24) is 24.8 Å². The second-order valence-electron chi connectivity index (χ2n) is 23.5. The van der Waals surface area contributed by atoms with Crippen molar-refractivity contribution in [2.75, 3.05) is 40.6 Å². The molecule has 2 aromatic carbocycles. The molecule has 19 nitrogen and oxygen atoms in total. The lowest BCUT2D eigenvalue weighted by Gasteiger charge is -2.50. The number of nitrogens with zero attached hydrogens (tertiary/aromatic N) is 5. The Balaban J connectivity index is 1.23. The topological polar surface area (TPSA) is 215 Å². The minimum Gasteiger partial charge on any atom is -0.458 e. The maximum Gasteiger partial charge on any atom is 0.410 e. The summed E-state index contributed by atoms with van der Waals surface area (Å²) in [6, 6.07) is 15.5. The Bertz CT molecular complexity index is 2520. The number of carbonyl (C=O) groups is 4. The Morgan fingerprint density at radius 3 is 2.17 bits per heavy atom. The van der Waals surface area contributed by atoms with Crippen molar-refractivity contribution in [3.05, 3.63) is 66.4 Å². The van der Waals surface area contributed by atoms with Crippen molar-refractivity contribution in [3.63, 3.8) is 0 Å². The molecular weight excluding hydrogens is 1000 g/mol. The zero-order valence-electron chi connectivity index (χ0n) is 48.7. The number of fused-ring (bicyclic) bond motifs is 1. The molecule has 19 heteroatoms. The zero-order valence-corrected chi connectivity index (χ0v) is 48.7. The van der Waals surface area contributed by atoms with Crippen molar-refractivity contribution < 1.29 is 61.8 Å². The van der Waals surface area contributed by atoms with Gasteiger partial charge in [-0.3, -0.25) is 14.3 Å². The summed E-state index contributed by atoms with van der Waals surface area (Å²) in [5.41, 5.74) is 4.84. The molecule has 0 saturated carbocycles. The van der Waals surface area contributed by atoms with Gasteiger partial charge in [0.25, 0.3) is 0 Å². The number of methoxy groups -OCH3 is 2. The third kappa shape index (κ3) is 12.9. The lowest BCUT2D eigenvalue weighted by molar-refractivity contribution is -0.313. The second kappa shape index (κ2) is 25.2. The molecule has 432 valence electrons. The van der Waals surface area contributed by atoms with Crippen LogP contribution in [-0.4, -0.2) is 162 Å². The Morgan fingerprint density at radius 1 is 0.833 bits per heavy atom. The molecule has 0 spiro atoms. The summed E-state index contributed by atoms with van der Waals surface area (Å²) in [7, 11) is 7.26. The maximum absolute atomic E-state index is 15.3. The lowest BCUT2D eigenvalue weighted by atomic mass is 9.73. The monoisotopic (exact) mass is 1090 g/mol. The van der Waals surface area contributed by atoms with Crippen molar-refractivity contribution in [2.24, 2.45) is 29.6 Å². The highest BCUT2D eigenvalue weighted by Gasteiger charge is 2.61. The molecule has 5 heterocycles. The number of unbranched alkanes of at least 4 members (excludes halogenated alkanes) is 1. The summed E-state index contributed by atoms with van der Waals surface area (Å²) in [4.78, 5) is 62.2. The summed E-state index contributed by atoms with van der Waals surface area (Å²) in [5.74, 6) is -4.42. The Morgan fingerprint density at radius 2 is 1.51 bits per heavy atom. The number of cyclic esters (lactones) is 1. The standard InChI is InChI=1S/C59H88N6O13/c1-16-46-59(11)50(65(56(69)78-59)28-21-20-27-64-33-44(61-62-64)42-25-22-26-43(60)30-42)37(5)48(66)34(2)31-57(9,70-14)51(77-55-36(4)45(63(12)13)29-35(3)72-55)38(6)49(39(7)53(67)74-46)75-47-32-58(10,71-15)52(40(8)73-47)76-54(68)41-23-18-17-19-24-41/h17-19,22-26,30,33-40,45-47,49-52,55H,16,20-21,27-29,31-32,60H2,1-15H3/t34-,35-,36-,37+,38+,39-,40+,45+,46-,47+,49+,50+,51-,52+,55+,57+,58-,59-/m1/s1. The van der Waals surface area contributed by atoms with Gasteiger partial charge in [0.2, 0.25) is 0 Å². The van der Waals surface area contributed by atoms with Crippen LogP contribution in [0.2, 0.25) is 0 Å². The van der Waals surface area contributed by atoms with E-state index in [-0.39, 0.29) is 49.7 Å². The SMILES string of the molecule is CC[C@H]1OC(=O)[C@H](C)[C@@H](O[C@H]2C[C@@](C)(OC)[C@@H](OC(=O)c3ccccc3)[C@H](C)O2)[C@H](C)[C@@H](O[C@@H]2O[C@H](C)C[C@H](N(C)C)[C@H]2C)[C@@](C)(OC)C[C@@H](C)C(=O)[C@H](C)[C@@H]2N(CCCCn3cc(-c4cccc(N)c4)nn3)C(=O)O[C@@]21C. The molecule has 18 atom stereocenters. The van der Waals surface area contributed by atoms with Gasteiger partial charge in [-0.05, 0) is 112 Å². The number of hydrogen-bond acceptors (Lipinski definition) is 17. The molecular formula is C59H88N6O13. The zero-order chi connectivity index (χ0) is 57.0. The molecule has 1 aromatic heterocycles. The molecule has 0 radical (unpaired) electrons. The number of amides is 1. The highest BCUT2D eigenvalue weighted by Crippen LogP contribution is 2.45. The van der Waals surface area contributed by atoms with Gasteiger partial charge in [-0.25, -0.2) is 9.59 Å². The molecule has 1 amide bonds. The van der Waals surface area contributed by atoms with E-state index in [2.05, 4.69) is 22.1 Å². The Hall–Kier alpha value is -5.02. The number of aryl methyl sites for hydroxylation is 1. The Labute approximate surface area is 461 Å². The van der Waals surface area contributed by atoms with Gasteiger partial charge in [0.1, 0.15) is 23.2 Å². The first-order valence-corrected chi connectivity index (χ1v) is 28.0. The van der Waals surface area contributed by atoms with Crippen LogP contribution in [-0.2, 0) is 58.8 Å². The molecule has 4 fully saturated rings. The minimum atomic E-state index is -1.45. The first kappa shape index (κ1) is 60.6. The minimum absolute atomic E-state index is 0.101. The quantitative estimate of drug-likeness (QED) is 0.0617. The summed E-state index contributed by atoms with van der Waals surface area (Å²) < 4.78 is 61.4. The summed E-state index contributed by atoms with van der Waals surface area (Å²) >= 11 is 0. The van der Waals surface area contributed by atoms with E-state index in [4.69, 9.17) is 48.4 Å². The molecule has 4 saturated heterocycles. The summed E-state index contributed by atoms with van der Waals surface area (Å²) in [6.45, 7) is 21.6. The number of rotatable bonds is 16. The van der Waals surface area contributed by atoms with Crippen LogP contribution in [0.4, 0.5) is 10.5 Å². The molecule has 7 rings (SSSR count). The van der Waals surface area contributed by atoms with Gasteiger partial charge in [0.05, 0.1) is 53.7 Å². The largest absolute Gasteiger partial charge is 0.458 e. The van der Waals surface area contributed by atoms with Gasteiger partial charge in [-0.2, -0.15) is 0 Å². The van der Waals surface area contributed by atoms with E-state index >= 15 is 9.59 Å². The number of carbonyl (C=O) groups excluding carboxylic acids is 4. The maximum atomic E-state index is 15.3. The van der Waals surface area contributed by atoms with Crippen molar-refractivity contribution in [3.8, 4) is 11.3 Å². The average molecular weight is 1090 g/mol. The van der Waals surface area contributed by atoms with E-state index in [1.807, 2.05) is 99.1 Å². The first-order valence-electron chi connectivity index (χ1n) is 28.0. The summed E-state index contributed by atoms with van der Waals surface area (Å²) in [6.07, 6.45) is -2.43. The summed E-state index contributed by atoms with van der Waals surface area (Å²) in [5, 5.41) is 8.68. The van der Waals surface area contributed by atoms with Crippen molar-refractivity contribution >= 4 is 29.5 Å². The highest BCUT2D eigenvalue weighted by atomic mass is 16.7. The third-order valence-corrected chi connectivity index (χ3v) is 17.4. The molecule has 0 unspecified atom stereocenters. The number of nitrogen functional groups attached to an aromatic ring is 1. The number of esters is 2. The molecule has 0 bridgehead atoms. The number of anilines is 1. The van der Waals surface area contributed by atoms with Crippen molar-refractivity contribution in [2.45, 2.75) is 199 Å². The number of nitrogens with two attached hydrogens (primary N) is 1. The fraction of sp³-hybridized carbons (Fsp3) is 0.695. The predicted octanol–water partition coefficient (Wildman–Crippen LogP) is 8.37. The predicted molar refractivity (Wildman–Crippen MR) is 292 cm³/mol. The van der Waals surface area contributed by atoms with Crippen LogP contribution in [0, 0.1) is 29.6 Å². The fourth-order valence-corrected chi connectivity index (χ4v) is 12.9. The van der Waals surface area contributed by atoms with Gasteiger partial charge >= 0.3 is 18.0 Å². The number of ketones is 1. The van der Waals surface area contributed by atoms with E-state index in [1.54, 1.807) is 68.8 Å². The number of benzene rings is 2. The smallest absolute Gasteiger partial charge is 0.410 e. The van der Waals surface area contributed by atoms with Gasteiger partial charge in [0.15, 0.2) is 24.3 Å². The number of Topliss-reactive ketones (excluding diaryl/α,β-unsaturated/α-hetero) is 1. The van der Waals surface area contributed by atoms with Gasteiger partial charge in [-0.1, -0.05) is 70.2 Å².